The Kier molecular flexibility index (Phi) is 8.30. The van der Waals surface area contributed by atoms with E-state index in [1.54, 1.807) is 6.08 Å². The van der Waals surface area contributed by atoms with Gasteiger partial charge < -0.3 is 15.4 Å². The maximum absolute atomic E-state index is 5.66. The van der Waals surface area contributed by atoms with E-state index < -0.39 is 0 Å². The summed E-state index contributed by atoms with van der Waals surface area (Å²) in [6, 6.07) is 8.56. The average Bonchev–Trinajstić information content (AvgIpc) is 3.19. The van der Waals surface area contributed by atoms with Crippen LogP contribution in [0.2, 0.25) is 0 Å². The molecule has 0 heterocycles. The molecule has 0 saturated heterocycles. The van der Waals surface area contributed by atoms with Crippen molar-refractivity contribution in [2.45, 2.75) is 32.9 Å². The molecule has 5 heteroatoms. The second kappa shape index (κ2) is 9.71. The average molecular weight is 415 g/mol. The number of ether oxygens (including phenoxy) is 1. The first-order valence-electron chi connectivity index (χ1n) is 7.61. The van der Waals surface area contributed by atoms with Crippen LogP contribution >= 0.6 is 24.0 Å². The van der Waals surface area contributed by atoms with E-state index in [2.05, 4.69) is 36.1 Å². The molecule has 2 rings (SSSR count). The molecule has 2 unspecified atom stereocenters. The van der Waals surface area contributed by atoms with E-state index in [9.17, 15) is 0 Å². The lowest BCUT2D eigenvalue weighted by Crippen LogP contribution is -2.39. The molecule has 1 aliphatic rings. The lowest BCUT2D eigenvalue weighted by atomic mass is 10.2. The first kappa shape index (κ1) is 18.8. The Morgan fingerprint density at radius 1 is 1.45 bits per heavy atom. The van der Waals surface area contributed by atoms with E-state index in [0.29, 0.717) is 19.2 Å². The number of benzene rings is 1. The summed E-state index contributed by atoms with van der Waals surface area (Å²) >= 11 is 0. The molecule has 0 aliphatic heterocycles. The Morgan fingerprint density at radius 2 is 2.18 bits per heavy atom. The predicted octanol–water partition coefficient (Wildman–Crippen LogP) is 3.33. The number of guanidine groups is 1. The number of para-hydroxylation sites is 1. The van der Waals surface area contributed by atoms with Gasteiger partial charge >= 0.3 is 0 Å². The first-order valence-corrected chi connectivity index (χ1v) is 7.61. The summed E-state index contributed by atoms with van der Waals surface area (Å²) in [6.45, 7) is 9.98. The van der Waals surface area contributed by atoms with Crippen LogP contribution in [0.15, 0.2) is 41.9 Å². The van der Waals surface area contributed by atoms with Crippen LogP contribution in [0.4, 0.5) is 0 Å². The molecule has 1 fully saturated rings. The summed E-state index contributed by atoms with van der Waals surface area (Å²) in [5.41, 5.74) is 1.08. The molecule has 122 valence electrons. The standard InChI is InChI=1S/C17H25N3O.HI/c1-4-10-21-16-9-7-6-8-14(16)12-19-17(18-5-2)20-15-11-13(15)3;/h4,6-9,13,15H,1,5,10-12H2,2-3H3,(H2,18,19,20);1H. The van der Waals surface area contributed by atoms with E-state index >= 15 is 0 Å². The minimum Gasteiger partial charge on any atom is -0.489 e. The summed E-state index contributed by atoms with van der Waals surface area (Å²) in [7, 11) is 0. The zero-order chi connectivity index (χ0) is 15.1. The van der Waals surface area contributed by atoms with Crippen molar-refractivity contribution in [3.8, 4) is 5.75 Å². The van der Waals surface area contributed by atoms with Crippen LogP contribution in [0.5, 0.6) is 5.75 Å². The van der Waals surface area contributed by atoms with E-state index in [1.807, 2.05) is 24.3 Å². The zero-order valence-electron chi connectivity index (χ0n) is 13.3. The molecule has 0 bridgehead atoms. The highest BCUT2D eigenvalue weighted by molar-refractivity contribution is 14.0. The van der Waals surface area contributed by atoms with Crippen LogP contribution in [0, 0.1) is 5.92 Å². The molecule has 0 amide bonds. The highest BCUT2D eigenvalue weighted by Crippen LogP contribution is 2.28. The third-order valence-corrected chi connectivity index (χ3v) is 3.51. The Hall–Kier alpha value is -1.24. The lowest BCUT2D eigenvalue weighted by Gasteiger charge is -2.12. The van der Waals surface area contributed by atoms with Crippen molar-refractivity contribution >= 4 is 29.9 Å². The highest BCUT2D eigenvalue weighted by Gasteiger charge is 2.33. The normalized spacial score (nSPS) is 19.8. The van der Waals surface area contributed by atoms with E-state index in [4.69, 9.17) is 4.74 Å². The van der Waals surface area contributed by atoms with Crippen LogP contribution in [-0.4, -0.2) is 25.2 Å². The fraction of sp³-hybridized carbons (Fsp3) is 0.471. The molecule has 0 spiro atoms. The second-order valence-corrected chi connectivity index (χ2v) is 5.37. The fourth-order valence-corrected chi connectivity index (χ4v) is 2.11. The van der Waals surface area contributed by atoms with E-state index in [1.165, 1.54) is 6.42 Å². The Bertz CT molecular complexity index is 504. The van der Waals surface area contributed by atoms with Gasteiger partial charge in [-0.3, -0.25) is 0 Å². The molecule has 2 N–H and O–H groups in total. The molecule has 22 heavy (non-hydrogen) atoms. The van der Waals surface area contributed by atoms with Gasteiger partial charge in [-0.15, -0.1) is 24.0 Å². The van der Waals surface area contributed by atoms with Crippen molar-refractivity contribution in [1.29, 1.82) is 0 Å². The number of aliphatic imine (C=N–C) groups is 1. The fourth-order valence-electron chi connectivity index (χ4n) is 2.11. The molecule has 0 aromatic heterocycles. The van der Waals surface area contributed by atoms with Crippen molar-refractivity contribution < 1.29 is 4.74 Å². The highest BCUT2D eigenvalue weighted by atomic mass is 127. The van der Waals surface area contributed by atoms with Crippen molar-refractivity contribution in [3.05, 3.63) is 42.5 Å². The number of hydrogen-bond donors (Lipinski definition) is 2. The number of nitrogens with zero attached hydrogens (tertiary/aromatic N) is 1. The minimum atomic E-state index is 0. The molecule has 1 aromatic rings. The van der Waals surface area contributed by atoms with Crippen molar-refractivity contribution in [1.82, 2.24) is 10.6 Å². The van der Waals surface area contributed by atoms with Gasteiger partial charge in [0.1, 0.15) is 12.4 Å². The molecule has 2 atom stereocenters. The molecule has 0 radical (unpaired) electrons. The van der Waals surface area contributed by atoms with E-state index in [-0.39, 0.29) is 24.0 Å². The van der Waals surface area contributed by atoms with Crippen molar-refractivity contribution in [3.63, 3.8) is 0 Å². The van der Waals surface area contributed by atoms with Crippen LogP contribution in [0.3, 0.4) is 0 Å². The second-order valence-electron chi connectivity index (χ2n) is 5.37. The van der Waals surface area contributed by atoms with Gasteiger partial charge in [0, 0.05) is 18.2 Å². The predicted molar refractivity (Wildman–Crippen MR) is 103 cm³/mol. The molecule has 1 aromatic carbocycles. The largest absolute Gasteiger partial charge is 0.489 e. The monoisotopic (exact) mass is 415 g/mol. The van der Waals surface area contributed by atoms with Crippen LogP contribution in [0.1, 0.15) is 25.8 Å². The number of halogens is 1. The molecular weight excluding hydrogens is 389 g/mol. The Balaban J connectivity index is 0.00000242. The van der Waals surface area contributed by atoms with Gasteiger partial charge in [-0.2, -0.15) is 0 Å². The number of rotatable bonds is 7. The lowest BCUT2D eigenvalue weighted by molar-refractivity contribution is 0.359. The topological polar surface area (TPSA) is 45.6 Å². The maximum Gasteiger partial charge on any atom is 0.191 e. The smallest absolute Gasteiger partial charge is 0.191 e. The number of hydrogen-bond acceptors (Lipinski definition) is 2. The van der Waals surface area contributed by atoms with Gasteiger partial charge in [0.25, 0.3) is 0 Å². The SMILES string of the molecule is C=CCOc1ccccc1CN=C(NCC)NC1CC1C.I. The summed E-state index contributed by atoms with van der Waals surface area (Å²) < 4.78 is 5.66. The number of nitrogens with one attached hydrogen (secondary N) is 2. The summed E-state index contributed by atoms with van der Waals surface area (Å²) in [6.07, 6.45) is 2.98. The van der Waals surface area contributed by atoms with Gasteiger partial charge in [0.15, 0.2) is 5.96 Å². The first-order chi connectivity index (χ1) is 10.2. The van der Waals surface area contributed by atoms with E-state index in [0.717, 1.165) is 29.7 Å². The third kappa shape index (κ3) is 5.87. The van der Waals surface area contributed by atoms with Gasteiger partial charge in [0.2, 0.25) is 0 Å². The molecule has 1 saturated carbocycles. The van der Waals surface area contributed by atoms with Crippen molar-refractivity contribution in [2.75, 3.05) is 13.2 Å². The summed E-state index contributed by atoms with van der Waals surface area (Å²) in [5.74, 6) is 2.50. The van der Waals surface area contributed by atoms with Crippen LogP contribution < -0.4 is 15.4 Å². The van der Waals surface area contributed by atoms with Crippen molar-refractivity contribution in [2.24, 2.45) is 10.9 Å². The van der Waals surface area contributed by atoms with Gasteiger partial charge in [-0.05, 0) is 25.3 Å². The zero-order valence-corrected chi connectivity index (χ0v) is 15.7. The summed E-state index contributed by atoms with van der Waals surface area (Å²) in [4.78, 5) is 4.66. The maximum atomic E-state index is 5.66. The Morgan fingerprint density at radius 3 is 2.82 bits per heavy atom. The van der Waals surface area contributed by atoms with Crippen LogP contribution in [-0.2, 0) is 6.54 Å². The summed E-state index contributed by atoms with van der Waals surface area (Å²) in [5, 5.41) is 6.75. The van der Waals surface area contributed by atoms with Gasteiger partial charge in [0.05, 0.1) is 6.54 Å². The molecular formula is C17H26IN3O. The van der Waals surface area contributed by atoms with Crippen LogP contribution in [0.25, 0.3) is 0 Å². The third-order valence-electron chi connectivity index (χ3n) is 3.51. The molecule has 1 aliphatic carbocycles. The quantitative estimate of drug-likeness (QED) is 0.311. The minimum absolute atomic E-state index is 0. The Labute approximate surface area is 150 Å². The molecule has 4 nitrogen and oxygen atoms in total. The van der Waals surface area contributed by atoms with Gasteiger partial charge in [-0.1, -0.05) is 37.8 Å². The van der Waals surface area contributed by atoms with Gasteiger partial charge in [-0.25, -0.2) is 4.99 Å².